The van der Waals surface area contributed by atoms with E-state index in [0.717, 1.165) is 0 Å². The van der Waals surface area contributed by atoms with E-state index >= 15 is 0 Å². The number of hydrogen-bond acceptors (Lipinski definition) is 3. The maximum atomic E-state index is 11.0. The maximum absolute atomic E-state index is 11.0. The van der Waals surface area contributed by atoms with Crippen LogP contribution in [-0.2, 0) is 9.05 Å². The molecule has 3 nitrogen and oxygen atoms in total. The molecule has 0 aliphatic rings. The number of halogens is 1. The fraction of sp³-hybridized carbons (Fsp3) is 0.143. The minimum Gasteiger partial charge on any atom is -0.457 e. The Morgan fingerprint density at radius 1 is 0.842 bits per heavy atom. The lowest BCUT2D eigenvalue weighted by Gasteiger charge is -2.05. The lowest BCUT2D eigenvalue weighted by atomic mass is 10.3. The van der Waals surface area contributed by atoms with Crippen molar-refractivity contribution < 1.29 is 13.2 Å². The van der Waals surface area contributed by atoms with Gasteiger partial charge in [0.1, 0.15) is 11.5 Å². The van der Waals surface area contributed by atoms with Gasteiger partial charge in [0, 0.05) is 10.7 Å². The smallest absolute Gasteiger partial charge is 0.261 e. The lowest BCUT2D eigenvalue weighted by molar-refractivity contribution is 0.482. The van der Waals surface area contributed by atoms with Crippen molar-refractivity contribution in [3.8, 4) is 11.5 Å². The molecular weight excluding hydrogens is 284 g/mol. The van der Waals surface area contributed by atoms with Crippen LogP contribution in [0.3, 0.4) is 0 Å². The first-order valence-corrected chi connectivity index (χ1v) is 8.14. The molecule has 0 aliphatic carbocycles. The Bertz CT molecular complexity index is 592. The van der Waals surface area contributed by atoms with Gasteiger partial charge in [-0.25, -0.2) is 8.42 Å². The van der Waals surface area contributed by atoms with Gasteiger partial charge in [0.15, 0.2) is 0 Å². The molecule has 19 heavy (non-hydrogen) atoms. The number of rotatable bonds is 3. The normalized spacial score (nSPS) is 10.3. The third-order valence-electron chi connectivity index (χ3n) is 2.08. The lowest BCUT2D eigenvalue weighted by Crippen LogP contribution is -1.90. The van der Waals surface area contributed by atoms with Crippen LogP contribution in [0.2, 0.25) is 0 Å². The van der Waals surface area contributed by atoms with E-state index in [1.165, 1.54) is 12.1 Å². The van der Waals surface area contributed by atoms with Crippen LogP contribution in [0.5, 0.6) is 11.5 Å². The van der Waals surface area contributed by atoms with Crippen LogP contribution in [0.1, 0.15) is 13.8 Å². The Hall–Kier alpha value is -1.52. The van der Waals surface area contributed by atoms with Gasteiger partial charge in [-0.05, 0) is 36.4 Å². The molecule has 0 amide bonds. The Balaban J connectivity index is 0.000000861. The molecule has 0 unspecified atom stereocenters. The molecule has 2 aromatic carbocycles. The molecule has 0 aliphatic heterocycles. The van der Waals surface area contributed by atoms with Crippen LogP contribution in [0.25, 0.3) is 0 Å². The quantitative estimate of drug-likeness (QED) is 0.787. The Labute approximate surface area is 118 Å². The highest BCUT2D eigenvalue weighted by Crippen LogP contribution is 2.23. The summed E-state index contributed by atoms with van der Waals surface area (Å²) >= 11 is 0. The summed E-state index contributed by atoms with van der Waals surface area (Å²) in [7, 11) is 1.53. The predicted molar refractivity (Wildman–Crippen MR) is 77.3 cm³/mol. The average Bonchev–Trinajstić information content (AvgIpc) is 2.42. The maximum Gasteiger partial charge on any atom is 0.261 e. The van der Waals surface area contributed by atoms with Crippen LogP contribution in [0, 0.1) is 0 Å². The van der Waals surface area contributed by atoms with E-state index in [0.29, 0.717) is 11.5 Å². The molecular formula is C14H15ClO3S. The van der Waals surface area contributed by atoms with Gasteiger partial charge in [-0.15, -0.1) is 0 Å². The van der Waals surface area contributed by atoms with Crippen molar-refractivity contribution in [1.82, 2.24) is 0 Å². The second-order valence-corrected chi connectivity index (χ2v) is 5.89. The summed E-state index contributed by atoms with van der Waals surface area (Å²) < 4.78 is 27.6. The van der Waals surface area contributed by atoms with Gasteiger partial charge in [0.2, 0.25) is 0 Å². The zero-order valence-electron chi connectivity index (χ0n) is 10.7. The molecule has 102 valence electrons. The van der Waals surface area contributed by atoms with Crippen LogP contribution >= 0.6 is 10.7 Å². The third kappa shape index (κ3) is 4.93. The topological polar surface area (TPSA) is 43.4 Å². The van der Waals surface area contributed by atoms with Crippen LogP contribution in [0.4, 0.5) is 0 Å². The highest BCUT2D eigenvalue weighted by atomic mass is 35.7. The summed E-state index contributed by atoms with van der Waals surface area (Å²) in [6.45, 7) is 4.00. The van der Waals surface area contributed by atoms with E-state index in [1.807, 2.05) is 44.2 Å². The van der Waals surface area contributed by atoms with E-state index in [9.17, 15) is 8.42 Å². The van der Waals surface area contributed by atoms with Gasteiger partial charge in [-0.2, -0.15) is 0 Å². The Kier molecular flexibility index (Phi) is 5.86. The summed E-state index contributed by atoms with van der Waals surface area (Å²) in [6.07, 6.45) is 0. The van der Waals surface area contributed by atoms with E-state index < -0.39 is 9.05 Å². The summed E-state index contributed by atoms with van der Waals surface area (Å²) in [6, 6.07) is 15.1. The van der Waals surface area contributed by atoms with E-state index in [4.69, 9.17) is 15.4 Å². The van der Waals surface area contributed by atoms with Gasteiger partial charge < -0.3 is 4.74 Å². The van der Waals surface area contributed by atoms with Crippen molar-refractivity contribution in [2.75, 3.05) is 0 Å². The fourth-order valence-electron chi connectivity index (χ4n) is 1.29. The van der Waals surface area contributed by atoms with Gasteiger partial charge in [-0.3, -0.25) is 0 Å². The number of hydrogen-bond donors (Lipinski definition) is 0. The van der Waals surface area contributed by atoms with E-state index in [1.54, 1.807) is 12.1 Å². The van der Waals surface area contributed by atoms with Crippen LogP contribution < -0.4 is 4.74 Å². The standard InChI is InChI=1S/C12H9ClO3S.C2H6/c13-17(14,15)12-8-6-11(7-9-12)16-10-4-2-1-3-5-10;1-2/h1-9H;1-2H3. The molecule has 0 radical (unpaired) electrons. The molecule has 2 rings (SSSR count). The monoisotopic (exact) mass is 298 g/mol. The van der Waals surface area contributed by atoms with Crippen molar-refractivity contribution in [3.63, 3.8) is 0 Å². The van der Waals surface area contributed by atoms with Crippen molar-refractivity contribution >= 4 is 19.7 Å². The van der Waals surface area contributed by atoms with Gasteiger partial charge in [-0.1, -0.05) is 32.0 Å². The largest absolute Gasteiger partial charge is 0.457 e. The predicted octanol–water partition coefficient (Wildman–Crippen LogP) is 4.43. The second kappa shape index (κ2) is 7.16. The first-order chi connectivity index (χ1) is 9.05. The van der Waals surface area contributed by atoms with Crippen molar-refractivity contribution in [1.29, 1.82) is 0 Å². The SMILES string of the molecule is CC.O=S(=O)(Cl)c1ccc(Oc2ccccc2)cc1. The van der Waals surface area contributed by atoms with Gasteiger partial charge in [0.25, 0.3) is 9.05 Å². The zero-order chi connectivity index (χ0) is 14.3. The van der Waals surface area contributed by atoms with Gasteiger partial charge >= 0.3 is 0 Å². The summed E-state index contributed by atoms with van der Waals surface area (Å²) in [5, 5.41) is 0. The van der Waals surface area contributed by atoms with Crippen molar-refractivity contribution in [3.05, 3.63) is 54.6 Å². The van der Waals surface area contributed by atoms with Gasteiger partial charge in [0.05, 0.1) is 4.90 Å². The van der Waals surface area contributed by atoms with E-state index in [-0.39, 0.29) is 4.90 Å². The Morgan fingerprint density at radius 3 is 1.79 bits per heavy atom. The molecule has 0 spiro atoms. The minimum absolute atomic E-state index is 0.0552. The van der Waals surface area contributed by atoms with Crippen molar-refractivity contribution in [2.45, 2.75) is 18.7 Å². The second-order valence-electron chi connectivity index (χ2n) is 3.32. The molecule has 0 N–H and O–H groups in total. The summed E-state index contributed by atoms with van der Waals surface area (Å²) in [4.78, 5) is 0.0552. The Morgan fingerprint density at radius 2 is 1.32 bits per heavy atom. The highest BCUT2D eigenvalue weighted by Gasteiger charge is 2.09. The molecule has 0 fully saturated rings. The molecule has 5 heteroatoms. The van der Waals surface area contributed by atoms with Crippen LogP contribution in [-0.4, -0.2) is 8.42 Å². The summed E-state index contributed by atoms with van der Waals surface area (Å²) in [5.74, 6) is 1.24. The molecule has 0 heterocycles. The minimum atomic E-state index is -3.68. The van der Waals surface area contributed by atoms with Crippen LogP contribution in [0.15, 0.2) is 59.5 Å². The molecule has 0 saturated heterocycles. The first kappa shape index (κ1) is 15.5. The molecule has 0 saturated carbocycles. The molecule has 0 atom stereocenters. The van der Waals surface area contributed by atoms with Crippen molar-refractivity contribution in [2.24, 2.45) is 0 Å². The average molecular weight is 299 g/mol. The first-order valence-electron chi connectivity index (χ1n) is 5.83. The summed E-state index contributed by atoms with van der Waals surface area (Å²) in [5.41, 5.74) is 0. The molecule has 0 aromatic heterocycles. The molecule has 0 bridgehead atoms. The number of benzene rings is 2. The zero-order valence-corrected chi connectivity index (χ0v) is 12.3. The fourth-order valence-corrected chi connectivity index (χ4v) is 2.06. The van der Waals surface area contributed by atoms with E-state index in [2.05, 4.69) is 0 Å². The number of ether oxygens (including phenoxy) is 1. The molecule has 2 aromatic rings. The highest BCUT2D eigenvalue weighted by molar-refractivity contribution is 8.13. The number of para-hydroxylation sites is 1. The third-order valence-corrected chi connectivity index (χ3v) is 3.45.